The number of benzene rings is 1. The average Bonchev–Trinajstić information content (AvgIpc) is 2.55. The van der Waals surface area contributed by atoms with Gasteiger partial charge in [-0.1, -0.05) is 12.1 Å². The Balaban J connectivity index is 2.32. The van der Waals surface area contributed by atoms with Gasteiger partial charge in [0.15, 0.2) is 0 Å². The second kappa shape index (κ2) is 3.38. The maximum Gasteiger partial charge on any atom is 0.228 e. The Morgan fingerprint density at radius 3 is 3.00 bits per heavy atom. The second-order valence-electron chi connectivity index (χ2n) is 3.29. The Morgan fingerprint density at radius 1 is 1.50 bits per heavy atom. The van der Waals surface area contributed by atoms with E-state index >= 15 is 0 Å². The molecule has 1 aromatic carbocycles. The van der Waals surface area contributed by atoms with Gasteiger partial charge in [0.05, 0.1) is 12.6 Å². The van der Waals surface area contributed by atoms with Crippen LogP contribution in [-0.2, 0) is 11.2 Å². The summed E-state index contributed by atoms with van der Waals surface area (Å²) in [4.78, 5) is 11.1. The van der Waals surface area contributed by atoms with Crippen molar-refractivity contribution in [2.75, 3.05) is 5.32 Å². The van der Waals surface area contributed by atoms with E-state index in [1.54, 1.807) is 0 Å². The van der Waals surface area contributed by atoms with E-state index in [4.69, 9.17) is 11.6 Å². The molecule has 1 aromatic rings. The summed E-state index contributed by atoms with van der Waals surface area (Å²) in [6, 6.07) is 5.57. The van der Waals surface area contributed by atoms with Crippen LogP contribution in [0.1, 0.15) is 17.3 Å². The Bertz CT molecular complexity index is 377. The molecule has 0 bridgehead atoms. The first kappa shape index (κ1) is 9.14. The molecule has 1 amide bonds. The predicted molar refractivity (Wildman–Crippen MR) is 53.0 cm³/mol. The Hall–Kier alpha value is -1.43. The predicted octanol–water partition coefficient (Wildman–Crippen LogP) is -0.398. The van der Waals surface area contributed by atoms with Crippen LogP contribution in [0.3, 0.4) is 0 Å². The quantitative estimate of drug-likeness (QED) is 0.291. The molecule has 0 spiro atoms. The lowest BCUT2D eigenvalue weighted by Crippen LogP contribution is -2.34. The molecule has 5 heteroatoms. The van der Waals surface area contributed by atoms with Gasteiger partial charge in [0, 0.05) is 5.69 Å². The standard InChI is InChI=1S/C9H12N4O/c10-9(13-11)5-1-2-7-6(3-5)4-8(14)12-7/h1-3,9,13H,4,10-11H2,(H,12,14). The van der Waals surface area contributed by atoms with Crippen LogP contribution in [-0.4, -0.2) is 5.91 Å². The third-order valence-electron chi connectivity index (χ3n) is 2.29. The van der Waals surface area contributed by atoms with Gasteiger partial charge in [0.2, 0.25) is 5.91 Å². The molecule has 1 aliphatic rings. The highest BCUT2D eigenvalue weighted by Gasteiger charge is 2.18. The summed E-state index contributed by atoms with van der Waals surface area (Å²) in [7, 11) is 0. The van der Waals surface area contributed by atoms with E-state index in [1.807, 2.05) is 18.2 Å². The van der Waals surface area contributed by atoms with Crippen LogP contribution in [0, 0.1) is 0 Å². The zero-order chi connectivity index (χ0) is 10.1. The van der Waals surface area contributed by atoms with Crippen molar-refractivity contribution < 1.29 is 4.79 Å². The van der Waals surface area contributed by atoms with E-state index < -0.39 is 6.17 Å². The average molecular weight is 192 g/mol. The lowest BCUT2D eigenvalue weighted by Gasteiger charge is -2.11. The molecule has 5 nitrogen and oxygen atoms in total. The number of carbonyl (C=O) groups excluding carboxylic acids is 1. The smallest absolute Gasteiger partial charge is 0.228 e. The number of amides is 1. The summed E-state index contributed by atoms with van der Waals surface area (Å²) >= 11 is 0. The van der Waals surface area contributed by atoms with Gasteiger partial charge in [-0.05, 0) is 17.2 Å². The molecule has 2 rings (SSSR count). The summed E-state index contributed by atoms with van der Waals surface area (Å²) in [5.41, 5.74) is 10.8. The van der Waals surface area contributed by atoms with Crippen LogP contribution in [0.15, 0.2) is 18.2 Å². The van der Waals surface area contributed by atoms with E-state index in [1.165, 1.54) is 0 Å². The molecule has 1 aliphatic heterocycles. The van der Waals surface area contributed by atoms with Gasteiger partial charge in [-0.3, -0.25) is 10.6 Å². The largest absolute Gasteiger partial charge is 0.326 e. The van der Waals surface area contributed by atoms with Gasteiger partial charge in [-0.15, -0.1) is 0 Å². The topological polar surface area (TPSA) is 93.2 Å². The maximum atomic E-state index is 11.1. The summed E-state index contributed by atoms with van der Waals surface area (Å²) < 4.78 is 0. The van der Waals surface area contributed by atoms with Crippen LogP contribution < -0.4 is 22.3 Å². The zero-order valence-corrected chi connectivity index (χ0v) is 7.58. The minimum absolute atomic E-state index is 0.0198. The van der Waals surface area contributed by atoms with Crippen LogP contribution in [0.5, 0.6) is 0 Å². The van der Waals surface area contributed by atoms with E-state index in [0.717, 1.165) is 16.8 Å². The first-order valence-electron chi connectivity index (χ1n) is 4.35. The number of fused-ring (bicyclic) bond motifs is 1. The molecule has 0 aromatic heterocycles. The van der Waals surface area contributed by atoms with E-state index in [0.29, 0.717) is 6.42 Å². The maximum absolute atomic E-state index is 11.1. The number of rotatable bonds is 2. The number of anilines is 1. The fourth-order valence-corrected chi connectivity index (χ4v) is 1.54. The second-order valence-corrected chi connectivity index (χ2v) is 3.29. The van der Waals surface area contributed by atoms with Crippen molar-refractivity contribution in [3.05, 3.63) is 29.3 Å². The number of hydrazine groups is 1. The van der Waals surface area contributed by atoms with Crippen molar-refractivity contribution in [1.82, 2.24) is 5.43 Å². The third-order valence-corrected chi connectivity index (χ3v) is 2.29. The fraction of sp³-hybridized carbons (Fsp3) is 0.222. The molecule has 14 heavy (non-hydrogen) atoms. The van der Waals surface area contributed by atoms with Gasteiger partial charge < -0.3 is 11.1 Å². The lowest BCUT2D eigenvalue weighted by molar-refractivity contribution is -0.115. The normalized spacial score (nSPS) is 16.3. The monoisotopic (exact) mass is 192 g/mol. The van der Waals surface area contributed by atoms with Crippen molar-refractivity contribution in [2.45, 2.75) is 12.6 Å². The molecule has 0 saturated carbocycles. The van der Waals surface area contributed by atoms with Crippen LogP contribution in [0.25, 0.3) is 0 Å². The van der Waals surface area contributed by atoms with Crippen LogP contribution >= 0.6 is 0 Å². The molecule has 1 unspecified atom stereocenters. The van der Waals surface area contributed by atoms with Crippen molar-refractivity contribution in [3.63, 3.8) is 0 Å². The van der Waals surface area contributed by atoms with Crippen molar-refractivity contribution >= 4 is 11.6 Å². The van der Waals surface area contributed by atoms with Gasteiger partial charge >= 0.3 is 0 Å². The molecule has 0 saturated heterocycles. The Morgan fingerprint density at radius 2 is 2.29 bits per heavy atom. The number of carbonyl (C=O) groups is 1. The Kier molecular flexibility index (Phi) is 2.20. The van der Waals surface area contributed by atoms with Gasteiger partial charge in [-0.2, -0.15) is 0 Å². The van der Waals surface area contributed by atoms with Crippen LogP contribution in [0.4, 0.5) is 5.69 Å². The summed E-state index contributed by atoms with van der Waals surface area (Å²) in [5.74, 6) is 5.24. The summed E-state index contributed by atoms with van der Waals surface area (Å²) in [6.07, 6.45) is 0.0245. The lowest BCUT2D eigenvalue weighted by atomic mass is 10.1. The molecule has 1 heterocycles. The van der Waals surface area contributed by atoms with E-state index in [2.05, 4.69) is 10.7 Å². The fourth-order valence-electron chi connectivity index (χ4n) is 1.54. The van der Waals surface area contributed by atoms with Gasteiger partial charge in [0.1, 0.15) is 0 Å². The van der Waals surface area contributed by atoms with Crippen molar-refractivity contribution in [1.29, 1.82) is 0 Å². The van der Waals surface area contributed by atoms with E-state index in [-0.39, 0.29) is 5.91 Å². The van der Waals surface area contributed by atoms with Crippen LogP contribution in [0.2, 0.25) is 0 Å². The molecule has 0 aliphatic carbocycles. The highest BCUT2D eigenvalue weighted by atomic mass is 16.1. The molecular formula is C9H12N4O. The highest BCUT2D eigenvalue weighted by Crippen LogP contribution is 2.24. The first-order valence-corrected chi connectivity index (χ1v) is 4.35. The number of nitrogens with one attached hydrogen (secondary N) is 2. The zero-order valence-electron chi connectivity index (χ0n) is 7.58. The third kappa shape index (κ3) is 1.48. The highest BCUT2D eigenvalue weighted by molar-refractivity contribution is 5.99. The number of hydrogen-bond donors (Lipinski definition) is 4. The minimum Gasteiger partial charge on any atom is -0.326 e. The Labute approximate surface area is 81.4 Å². The number of nitrogens with two attached hydrogens (primary N) is 2. The number of hydrogen-bond acceptors (Lipinski definition) is 4. The minimum atomic E-state index is -0.393. The molecule has 74 valence electrons. The summed E-state index contributed by atoms with van der Waals surface area (Å²) in [6.45, 7) is 0. The van der Waals surface area contributed by atoms with Crippen molar-refractivity contribution in [3.8, 4) is 0 Å². The van der Waals surface area contributed by atoms with E-state index in [9.17, 15) is 4.79 Å². The van der Waals surface area contributed by atoms with Gasteiger partial charge in [-0.25, -0.2) is 5.43 Å². The molecule has 0 fully saturated rings. The summed E-state index contributed by atoms with van der Waals surface area (Å²) in [5, 5.41) is 2.75. The van der Waals surface area contributed by atoms with Gasteiger partial charge in [0.25, 0.3) is 0 Å². The SMILES string of the molecule is NNC(N)c1ccc2c(c1)CC(=O)N2. The molecular weight excluding hydrogens is 180 g/mol. The van der Waals surface area contributed by atoms with Crippen molar-refractivity contribution in [2.24, 2.45) is 11.6 Å². The first-order chi connectivity index (χ1) is 6.70. The molecule has 1 atom stereocenters. The molecule has 6 N–H and O–H groups in total. The molecule has 0 radical (unpaired) electrons.